The van der Waals surface area contributed by atoms with E-state index in [1.807, 2.05) is 67.7 Å². The first-order chi connectivity index (χ1) is 12.7. The van der Waals surface area contributed by atoms with Gasteiger partial charge in [-0.2, -0.15) is 0 Å². The Morgan fingerprint density at radius 2 is 2.00 bits per heavy atom. The molecule has 4 rings (SSSR count). The summed E-state index contributed by atoms with van der Waals surface area (Å²) in [4.78, 5) is 20.6. The highest BCUT2D eigenvalue weighted by atomic mass is 16.5. The van der Waals surface area contributed by atoms with Crippen LogP contribution in [0, 0.1) is 0 Å². The highest BCUT2D eigenvalue weighted by Crippen LogP contribution is 2.25. The molecule has 2 aromatic carbocycles. The molecule has 130 valence electrons. The minimum absolute atomic E-state index is 0.0154. The van der Waals surface area contributed by atoms with Gasteiger partial charge in [-0.25, -0.2) is 4.98 Å². The fraction of sp³-hybridized carbons (Fsp3) is 0.143. The van der Waals surface area contributed by atoms with Crippen molar-refractivity contribution >= 4 is 34.0 Å². The normalized spacial score (nSPS) is 11.6. The second kappa shape index (κ2) is 6.52. The average Bonchev–Trinajstić information content (AvgIpc) is 3.08. The topological polar surface area (TPSA) is 59.9 Å². The molecule has 0 unspecified atom stereocenters. The van der Waals surface area contributed by atoms with E-state index in [0.717, 1.165) is 22.2 Å². The number of ether oxygens (including phenoxy) is 1. The number of fused-ring (bicyclic) bond motifs is 2. The summed E-state index contributed by atoms with van der Waals surface area (Å²) in [7, 11) is 1.66. The van der Waals surface area contributed by atoms with Crippen molar-refractivity contribution < 1.29 is 4.74 Å². The molecule has 0 aliphatic heterocycles. The first-order valence-corrected chi connectivity index (χ1v) is 8.54. The second-order valence-corrected chi connectivity index (χ2v) is 6.03. The summed E-state index contributed by atoms with van der Waals surface area (Å²) in [6, 6.07) is 13.3. The monoisotopic (exact) mass is 345 g/mol. The Kier molecular flexibility index (Phi) is 4.05. The largest absolute Gasteiger partial charge is 0.497 e. The van der Waals surface area contributed by atoms with E-state index in [0.29, 0.717) is 23.3 Å². The van der Waals surface area contributed by atoms with Gasteiger partial charge in [-0.3, -0.25) is 9.36 Å². The third-order valence-electron chi connectivity index (χ3n) is 4.54. The van der Waals surface area contributed by atoms with Crippen molar-refractivity contribution in [3.05, 3.63) is 70.4 Å². The molecule has 0 radical (unpaired) electrons. The van der Waals surface area contributed by atoms with Crippen molar-refractivity contribution in [2.24, 2.45) is 0 Å². The van der Waals surface area contributed by atoms with E-state index in [1.54, 1.807) is 11.7 Å². The van der Waals surface area contributed by atoms with Gasteiger partial charge in [-0.1, -0.05) is 12.1 Å². The minimum Gasteiger partial charge on any atom is -0.497 e. The van der Waals surface area contributed by atoms with Gasteiger partial charge >= 0.3 is 0 Å². The second-order valence-electron chi connectivity index (χ2n) is 6.03. The van der Waals surface area contributed by atoms with E-state index in [4.69, 9.17) is 4.74 Å². The number of hydrogen-bond acceptors (Lipinski definition) is 3. The molecule has 0 saturated heterocycles. The summed E-state index contributed by atoms with van der Waals surface area (Å²) >= 11 is 0. The number of nitrogens with zero attached hydrogens (tertiary/aromatic N) is 2. The van der Waals surface area contributed by atoms with E-state index >= 15 is 0 Å². The predicted octanol–water partition coefficient (Wildman–Crippen LogP) is 4.08. The molecule has 4 aromatic rings. The van der Waals surface area contributed by atoms with E-state index in [9.17, 15) is 4.79 Å². The van der Waals surface area contributed by atoms with Crippen LogP contribution in [0.3, 0.4) is 0 Å². The number of aromatic nitrogens is 3. The molecule has 2 aromatic heterocycles. The van der Waals surface area contributed by atoms with Crippen molar-refractivity contribution in [2.45, 2.75) is 13.5 Å². The van der Waals surface area contributed by atoms with Crippen LogP contribution in [0.1, 0.15) is 18.3 Å². The lowest BCUT2D eigenvalue weighted by Crippen LogP contribution is -2.22. The molecule has 5 nitrogen and oxygen atoms in total. The van der Waals surface area contributed by atoms with Crippen LogP contribution in [0.2, 0.25) is 0 Å². The third-order valence-corrected chi connectivity index (χ3v) is 4.54. The molecule has 5 heteroatoms. The quantitative estimate of drug-likeness (QED) is 0.606. The predicted molar refractivity (Wildman–Crippen MR) is 105 cm³/mol. The van der Waals surface area contributed by atoms with Crippen LogP contribution >= 0.6 is 0 Å². The van der Waals surface area contributed by atoms with E-state index < -0.39 is 0 Å². The molecular formula is C21H19N3O2. The molecule has 2 heterocycles. The number of nitrogens with one attached hydrogen (secondary N) is 1. The van der Waals surface area contributed by atoms with Gasteiger partial charge in [-0.15, -0.1) is 0 Å². The highest BCUT2D eigenvalue weighted by molar-refractivity contribution is 5.92. The molecule has 0 aliphatic carbocycles. The zero-order chi connectivity index (χ0) is 18.1. The number of methoxy groups -OCH3 is 1. The van der Waals surface area contributed by atoms with Gasteiger partial charge in [-0.05, 0) is 49.4 Å². The Bertz CT molecular complexity index is 1190. The Balaban J connectivity index is 1.83. The van der Waals surface area contributed by atoms with Crippen molar-refractivity contribution in [2.75, 3.05) is 7.11 Å². The smallest absolute Gasteiger partial charge is 0.261 e. The molecule has 0 fully saturated rings. The van der Waals surface area contributed by atoms with Gasteiger partial charge in [0.25, 0.3) is 5.56 Å². The number of benzene rings is 2. The SMILES string of the molecule is CCn1c(/C=C/c2c[nH]c3ccc(OC)cc23)nc2ccccc2c1=O. The Hall–Kier alpha value is -3.34. The van der Waals surface area contributed by atoms with Gasteiger partial charge in [0.1, 0.15) is 11.6 Å². The minimum atomic E-state index is -0.0154. The van der Waals surface area contributed by atoms with Crippen LogP contribution in [-0.4, -0.2) is 21.6 Å². The van der Waals surface area contributed by atoms with E-state index in [1.165, 1.54) is 0 Å². The zero-order valence-electron chi connectivity index (χ0n) is 14.7. The summed E-state index contributed by atoms with van der Waals surface area (Å²) in [6.45, 7) is 2.52. The van der Waals surface area contributed by atoms with Crippen LogP contribution in [0.25, 0.3) is 34.0 Å². The van der Waals surface area contributed by atoms with Gasteiger partial charge in [0.15, 0.2) is 0 Å². The molecule has 0 aliphatic rings. The van der Waals surface area contributed by atoms with Crippen molar-refractivity contribution in [1.82, 2.24) is 14.5 Å². The van der Waals surface area contributed by atoms with Crippen LogP contribution < -0.4 is 10.3 Å². The first kappa shape index (κ1) is 16.1. The number of aromatic amines is 1. The van der Waals surface area contributed by atoms with Crippen molar-refractivity contribution in [3.63, 3.8) is 0 Å². The number of H-pyrrole nitrogens is 1. The highest BCUT2D eigenvalue weighted by Gasteiger charge is 2.08. The zero-order valence-corrected chi connectivity index (χ0v) is 14.7. The lowest BCUT2D eigenvalue weighted by Gasteiger charge is -2.08. The summed E-state index contributed by atoms with van der Waals surface area (Å²) in [5.41, 5.74) is 2.74. The molecule has 0 bridgehead atoms. The number of rotatable bonds is 4. The number of para-hydroxylation sites is 1. The first-order valence-electron chi connectivity index (χ1n) is 8.54. The summed E-state index contributed by atoms with van der Waals surface area (Å²) in [5.74, 6) is 1.45. The van der Waals surface area contributed by atoms with Crippen molar-refractivity contribution in [3.8, 4) is 5.75 Å². The molecule has 0 saturated carbocycles. The molecule has 26 heavy (non-hydrogen) atoms. The van der Waals surface area contributed by atoms with Crippen molar-refractivity contribution in [1.29, 1.82) is 0 Å². The maximum absolute atomic E-state index is 12.7. The lowest BCUT2D eigenvalue weighted by atomic mass is 10.1. The summed E-state index contributed by atoms with van der Waals surface area (Å²) in [5, 5.41) is 1.70. The van der Waals surface area contributed by atoms with Gasteiger partial charge in [0.05, 0.1) is 18.0 Å². The Morgan fingerprint density at radius 3 is 2.81 bits per heavy atom. The lowest BCUT2D eigenvalue weighted by molar-refractivity contribution is 0.415. The third kappa shape index (κ3) is 2.67. The maximum Gasteiger partial charge on any atom is 0.261 e. The maximum atomic E-state index is 12.7. The van der Waals surface area contributed by atoms with Gasteiger partial charge in [0.2, 0.25) is 0 Å². The summed E-state index contributed by atoms with van der Waals surface area (Å²) in [6.07, 6.45) is 5.80. The van der Waals surface area contributed by atoms with E-state index in [2.05, 4.69) is 9.97 Å². The molecule has 0 spiro atoms. The molecular weight excluding hydrogens is 326 g/mol. The number of hydrogen-bond donors (Lipinski definition) is 1. The van der Waals surface area contributed by atoms with Crippen LogP contribution in [0.15, 0.2) is 53.5 Å². The fourth-order valence-corrected chi connectivity index (χ4v) is 3.17. The molecule has 0 atom stereocenters. The summed E-state index contributed by atoms with van der Waals surface area (Å²) < 4.78 is 7.00. The average molecular weight is 345 g/mol. The van der Waals surface area contributed by atoms with Crippen LogP contribution in [0.4, 0.5) is 0 Å². The van der Waals surface area contributed by atoms with Crippen LogP contribution in [-0.2, 0) is 6.54 Å². The molecule has 1 N–H and O–H groups in total. The Labute approximate surface area is 150 Å². The Morgan fingerprint density at radius 1 is 1.15 bits per heavy atom. The standard InChI is InChI=1S/C21H19N3O2/c1-3-24-20(23-19-7-5-4-6-16(19)21(24)25)11-8-14-13-22-18-10-9-15(26-2)12-17(14)18/h4-13,22H,3H2,1-2H3/b11-8+. The van der Waals surface area contributed by atoms with E-state index in [-0.39, 0.29) is 5.56 Å². The van der Waals surface area contributed by atoms with Gasteiger partial charge < -0.3 is 9.72 Å². The fourth-order valence-electron chi connectivity index (χ4n) is 3.17. The van der Waals surface area contributed by atoms with Crippen LogP contribution in [0.5, 0.6) is 5.75 Å². The van der Waals surface area contributed by atoms with Gasteiger partial charge in [0, 0.05) is 29.2 Å². The molecule has 0 amide bonds.